The molecule has 142 valence electrons. The lowest BCUT2D eigenvalue weighted by atomic mass is 9.81. The molecular weight excluding hydrogens is 344 g/mol. The Morgan fingerprint density at radius 2 is 1.81 bits per heavy atom. The molecule has 2 heterocycles. The van der Waals surface area contributed by atoms with Crippen LogP contribution in [0.4, 0.5) is 5.95 Å². The molecule has 1 aromatic carbocycles. The van der Waals surface area contributed by atoms with Crippen LogP contribution in [0.2, 0.25) is 0 Å². The van der Waals surface area contributed by atoms with Crippen LogP contribution in [-0.2, 0) is 20.9 Å². The van der Waals surface area contributed by atoms with Crippen molar-refractivity contribution in [1.29, 1.82) is 0 Å². The van der Waals surface area contributed by atoms with E-state index in [1.807, 2.05) is 28.8 Å². The summed E-state index contributed by atoms with van der Waals surface area (Å²) in [5, 5.41) is 2.80. The van der Waals surface area contributed by atoms with Crippen LogP contribution in [0.15, 0.2) is 24.3 Å². The summed E-state index contributed by atoms with van der Waals surface area (Å²) >= 11 is 0. The molecule has 0 spiro atoms. The molecule has 27 heavy (non-hydrogen) atoms. The average Bonchev–Trinajstić information content (AvgIpc) is 3.13. The molecule has 0 unspecified atom stereocenters. The quantitative estimate of drug-likeness (QED) is 0.822. The van der Waals surface area contributed by atoms with Crippen molar-refractivity contribution < 1.29 is 14.4 Å². The Bertz CT molecular complexity index is 880. The van der Waals surface area contributed by atoms with Crippen molar-refractivity contribution in [3.8, 4) is 0 Å². The fraction of sp³-hybridized carbons (Fsp3) is 0.500. The van der Waals surface area contributed by atoms with E-state index in [0.29, 0.717) is 5.95 Å². The largest absolute Gasteiger partial charge is 0.310 e. The maximum absolute atomic E-state index is 12.6. The number of carbonyl (C=O) groups excluding carboxylic acids is 3. The number of aryl methyl sites for hydroxylation is 1. The van der Waals surface area contributed by atoms with E-state index in [1.165, 1.54) is 0 Å². The van der Waals surface area contributed by atoms with Crippen LogP contribution in [-0.4, -0.2) is 38.7 Å². The zero-order valence-electron chi connectivity index (χ0n) is 15.5. The number of amides is 3. The van der Waals surface area contributed by atoms with Crippen LogP contribution in [0, 0.1) is 11.8 Å². The maximum atomic E-state index is 12.6. The molecule has 2 atom stereocenters. The third kappa shape index (κ3) is 3.11. The summed E-state index contributed by atoms with van der Waals surface area (Å²) in [4.78, 5) is 43.3. The highest BCUT2D eigenvalue weighted by atomic mass is 16.2. The minimum atomic E-state index is -0.386. The molecular formula is C20H24N4O3. The van der Waals surface area contributed by atoms with Crippen molar-refractivity contribution in [3.05, 3.63) is 24.3 Å². The fourth-order valence-electron chi connectivity index (χ4n) is 4.32. The number of carbonyl (C=O) groups is 3. The second-order valence-electron chi connectivity index (χ2n) is 7.38. The topological polar surface area (TPSA) is 84.3 Å². The summed E-state index contributed by atoms with van der Waals surface area (Å²) in [5.41, 5.74) is 1.76. The number of nitrogens with one attached hydrogen (secondary N) is 1. The number of imidazole rings is 1. The molecule has 3 amide bonds. The number of benzene rings is 1. The number of para-hydroxylation sites is 2. The van der Waals surface area contributed by atoms with Crippen molar-refractivity contribution in [3.63, 3.8) is 0 Å². The van der Waals surface area contributed by atoms with Gasteiger partial charge in [0.05, 0.1) is 22.9 Å². The molecule has 1 N–H and O–H groups in total. The minimum absolute atomic E-state index is 0.193. The third-order valence-corrected chi connectivity index (χ3v) is 5.59. The van der Waals surface area contributed by atoms with E-state index in [-0.39, 0.29) is 36.1 Å². The first-order valence-corrected chi connectivity index (χ1v) is 9.70. The Morgan fingerprint density at radius 3 is 2.48 bits per heavy atom. The van der Waals surface area contributed by atoms with E-state index < -0.39 is 0 Å². The van der Waals surface area contributed by atoms with Crippen LogP contribution in [0.1, 0.15) is 39.0 Å². The van der Waals surface area contributed by atoms with E-state index in [0.717, 1.165) is 54.6 Å². The SMILES string of the molecule is CCCn1c(NC(=O)CN2C(=O)[C@@H]3CCCC[C@H]3C2=O)nc2ccccc21. The van der Waals surface area contributed by atoms with Gasteiger partial charge >= 0.3 is 0 Å². The highest BCUT2D eigenvalue weighted by Crippen LogP contribution is 2.37. The van der Waals surface area contributed by atoms with Gasteiger partial charge in [0, 0.05) is 6.54 Å². The predicted molar refractivity (Wildman–Crippen MR) is 101 cm³/mol. The van der Waals surface area contributed by atoms with Gasteiger partial charge in [-0.25, -0.2) is 4.98 Å². The van der Waals surface area contributed by atoms with E-state index in [4.69, 9.17) is 0 Å². The first kappa shape index (κ1) is 17.7. The smallest absolute Gasteiger partial charge is 0.246 e. The first-order valence-electron chi connectivity index (χ1n) is 9.70. The minimum Gasteiger partial charge on any atom is -0.310 e. The lowest BCUT2D eigenvalue weighted by molar-refractivity contribution is -0.142. The van der Waals surface area contributed by atoms with Crippen molar-refractivity contribution in [1.82, 2.24) is 14.5 Å². The van der Waals surface area contributed by atoms with Gasteiger partial charge in [-0.3, -0.25) is 24.6 Å². The molecule has 1 aliphatic heterocycles. The van der Waals surface area contributed by atoms with Crippen LogP contribution < -0.4 is 5.32 Å². The Hall–Kier alpha value is -2.70. The van der Waals surface area contributed by atoms with E-state index in [1.54, 1.807) is 0 Å². The zero-order chi connectivity index (χ0) is 19.0. The van der Waals surface area contributed by atoms with E-state index >= 15 is 0 Å². The molecule has 1 saturated heterocycles. The third-order valence-electron chi connectivity index (χ3n) is 5.59. The van der Waals surface area contributed by atoms with Crippen LogP contribution in [0.3, 0.4) is 0 Å². The predicted octanol–water partition coefficient (Wildman–Crippen LogP) is 2.56. The van der Waals surface area contributed by atoms with Crippen LogP contribution >= 0.6 is 0 Å². The summed E-state index contributed by atoms with van der Waals surface area (Å²) in [7, 11) is 0. The fourth-order valence-corrected chi connectivity index (χ4v) is 4.32. The Balaban J connectivity index is 1.51. The molecule has 2 aromatic rings. The molecule has 7 nitrogen and oxygen atoms in total. The van der Waals surface area contributed by atoms with Crippen molar-refractivity contribution in [2.45, 2.75) is 45.6 Å². The highest BCUT2D eigenvalue weighted by Gasteiger charge is 2.48. The Kier molecular flexibility index (Phi) is 4.68. The second kappa shape index (κ2) is 7.13. The van der Waals surface area contributed by atoms with Gasteiger partial charge in [-0.2, -0.15) is 0 Å². The number of rotatable bonds is 5. The summed E-state index contributed by atoms with van der Waals surface area (Å²) in [6.45, 7) is 2.55. The number of anilines is 1. The molecule has 1 aromatic heterocycles. The standard InChI is InChI=1S/C20H24N4O3/c1-2-11-23-16-10-6-5-9-15(16)21-20(23)22-17(25)12-24-18(26)13-7-3-4-8-14(13)19(24)27/h5-6,9-10,13-14H,2-4,7-8,11-12H2,1H3,(H,21,22,25)/t13-,14-/m1/s1. The molecule has 1 aliphatic carbocycles. The van der Waals surface area contributed by atoms with Gasteiger partial charge in [0.25, 0.3) is 0 Å². The van der Waals surface area contributed by atoms with Crippen LogP contribution in [0.5, 0.6) is 0 Å². The Labute approximate surface area is 157 Å². The van der Waals surface area contributed by atoms with Gasteiger partial charge in [0.2, 0.25) is 23.7 Å². The molecule has 0 radical (unpaired) electrons. The molecule has 0 bridgehead atoms. The average molecular weight is 368 g/mol. The number of likely N-dealkylation sites (tertiary alicyclic amines) is 1. The summed E-state index contributed by atoms with van der Waals surface area (Å²) in [6.07, 6.45) is 4.34. The maximum Gasteiger partial charge on any atom is 0.246 e. The summed E-state index contributed by atoms with van der Waals surface area (Å²) in [6, 6.07) is 7.70. The van der Waals surface area contributed by atoms with Gasteiger partial charge < -0.3 is 4.57 Å². The van der Waals surface area contributed by atoms with Gasteiger partial charge in [0.1, 0.15) is 6.54 Å². The van der Waals surface area contributed by atoms with Gasteiger partial charge in [-0.05, 0) is 31.4 Å². The summed E-state index contributed by atoms with van der Waals surface area (Å²) < 4.78 is 1.96. The number of fused-ring (bicyclic) bond motifs is 2. The van der Waals surface area contributed by atoms with Crippen molar-refractivity contribution in [2.75, 3.05) is 11.9 Å². The molecule has 2 aliphatic rings. The zero-order valence-corrected chi connectivity index (χ0v) is 15.5. The monoisotopic (exact) mass is 368 g/mol. The van der Waals surface area contributed by atoms with Gasteiger partial charge in [0.15, 0.2) is 0 Å². The van der Waals surface area contributed by atoms with E-state index in [2.05, 4.69) is 17.2 Å². The van der Waals surface area contributed by atoms with Gasteiger partial charge in [-0.15, -0.1) is 0 Å². The Morgan fingerprint density at radius 1 is 1.15 bits per heavy atom. The molecule has 1 saturated carbocycles. The van der Waals surface area contributed by atoms with Crippen LogP contribution in [0.25, 0.3) is 11.0 Å². The van der Waals surface area contributed by atoms with Crippen molar-refractivity contribution in [2.24, 2.45) is 11.8 Å². The lowest BCUT2D eigenvalue weighted by Gasteiger charge is -2.19. The van der Waals surface area contributed by atoms with Gasteiger partial charge in [-0.1, -0.05) is 31.9 Å². The van der Waals surface area contributed by atoms with E-state index in [9.17, 15) is 14.4 Å². The molecule has 7 heteroatoms. The van der Waals surface area contributed by atoms with Crippen molar-refractivity contribution >= 4 is 34.7 Å². The molecule has 2 fully saturated rings. The number of nitrogens with zero attached hydrogens (tertiary/aromatic N) is 3. The normalized spacial score (nSPS) is 22.3. The number of imide groups is 1. The highest BCUT2D eigenvalue weighted by molar-refractivity contribution is 6.08. The first-order chi connectivity index (χ1) is 13.1. The number of hydrogen-bond acceptors (Lipinski definition) is 4. The lowest BCUT2D eigenvalue weighted by Crippen LogP contribution is -2.38. The second-order valence-corrected chi connectivity index (χ2v) is 7.38. The molecule has 4 rings (SSSR count). The summed E-state index contributed by atoms with van der Waals surface area (Å²) in [5.74, 6) is -0.779. The number of hydrogen-bond donors (Lipinski definition) is 1. The number of aromatic nitrogens is 2.